The van der Waals surface area contributed by atoms with E-state index in [1.807, 2.05) is 30.0 Å². The molecule has 0 radical (unpaired) electrons. The van der Waals surface area contributed by atoms with Gasteiger partial charge in [0.1, 0.15) is 5.69 Å². The molecule has 1 aromatic heterocycles. The number of nitrogens with zero attached hydrogens (tertiary/aromatic N) is 3. The van der Waals surface area contributed by atoms with E-state index in [0.717, 1.165) is 24.1 Å². The van der Waals surface area contributed by atoms with Gasteiger partial charge in [-0.1, -0.05) is 47.7 Å². The second-order valence-electron chi connectivity index (χ2n) is 5.42. The van der Waals surface area contributed by atoms with Crippen molar-refractivity contribution in [3.05, 3.63) is 48.7 Å². The van der Waals surface area contributed by atoms with Gasteiger partial charge < -0.3 is 0 Å². The van der Waals surface area contributed by atoms with Crippen molar-refractivity contribution in [2.24, 2.45) is 0 Å². The van der Waals surface area contributed by atoms with Crippen LogP contribution in [0.4, 0.5) is 0 Å². The molecule has 1 heterocycles. The van der Waals surface area contributed by atoms with Crippen molar-refractivity contribution in [2.45, 2.75) is 37.0 Å². The molecule has 0 amide bonds. The van der Waals surface area contributed by atoms with Crippen LogP contribution in [0.15, 0.2) is 48.7 Å². The summed E-state index contributed by atoms with van der Waals surface area (Å²) in [6.07, 6.45) is 13.6. The van der Waals surface area contributed by atoms with Gasteiger partial charge in [0.25, 0.3) is 0 Å². The minimum Gasteiger partial charge on any atom is -0.248 e. The van der Waals surface area contributed by atoms with E-state index >= 15 is 0 Å². The molecule has 0 spiro atoms. The Morgan fingerprint density at radius 1 is 1.10 bits per heavy atom. The second kappa shape index (κ2) is 6.94. The van der Waals surface area contributed by atoms with Gasteiger partial charge in [-0.2, -0.15) is 11.8 Å². The van der Waals surface area contributed by atoms with Crippen molar-refractivity contribution >= 4 is 11.8 Å². The number of aromatic nitrogens is 3. The van der Waals surface area contributed by atoms with Gasteiger partial charge in [-0.3, -0.25) is 0 Å². The maximum Gasteiger partial charge on any atom is 0.113 e. The zero-order valence-corrected chi connectivity index (χ0v) is 13.2. The van der Waals surface area contributed by atoms with Crippen molar-refractivity contribution in [2.75, 3.05) is 6.26 Å². The van der Waals surface area contributed by atoms with Crippen LogP contribution in [0.5, 0.6) is 0 Å². The lowest BCUT2D eigenvalue weighted by atomic mass is 10.0. The number of thioether (sulfide) groups is 1. The van der Waals surface area contributed by atoms with Gasteiger partial charge in [-0.05, 0) is 31.9 Å². The van der Waals surface area contributed by atoms with Gasteiger partial charge in [0.15, 0.2) is 0 Å². The molecule has 0 saturated heterocycles. The highest BCUT2D eigenvalue weighted by molar-refractivity contribution is 7.99. The maximum absolute atomic E-state index is 4.42. The molecule has 0 saturated carbocycles. The van der Waals surface area contributed by atoms with Crippen molar-refractivity contribution in [3.63, 3.8) is 0 Å². The Labute approximate surface area is 130 Å². The molecule has 3 nitrogen and oxygen atoms in total. The van der Waals surface area contributed by atoms with Crippen LogP contribution in [-0.2, 0) is 0 Å². The van der Waals surface area contributed by atoms with Crippen LogP contribution in [0.25, 0.3) is 11.3 Å². The molecule has 3 rings (SSSR count). The van der Waals surface area contributed by atoms with Crippen LogP contribution in [-0.4, -0.2) is 26.5 Å². The van der Waals surface area contributed by atoms with Crippen molar-refractivity contribution in [1.82, 2.24) is 15.0 Å². The molecule has 0 fully saturated rings. The van der Waals surface area contributed by atoms with E-state index < -0.39 is 0 Å². The molecule has 2 atom stereocenters. The van der Waals surface area contributed by atoms with Crippen LogP contribution >= 0.6 is 11.8 Å². The summed E-state index contributed by atoms with van der Waals surface area (Å²) in [5.74, 6) is 0. The lowest BCUT2D eigenvalue weighted by Crippen LogP contribution is -2.23. The summed E-state index contributed by atoms with van der Waals surface area (Å²) < 4.78 is 2.09. The number of hydrogen-bond donors (Lipinski definition) is 0. The Morgan fingerprint density at radius 2 is 1.86 bits per heavy atom. The third kappa shape index (κ3) is 3.38. The fourth-order valence-corrected chi connectivity index (χ4v) is 3.85. The maximum atomic E-state index is 4.42. The number of rotatable bonds is 3. The number of hydrogen-bond acceptors (Lipinski definition) is 3. The smallest absolute Gasteiger partial charge is 0.113 e. The first-order valence-corrected chi connectivity index (χ1v) is 8.82. The molecule has 0 N–H and O–H groups in total. The molecule has 1 aliphatic rings. The molecular formula is C17H21N3S. The highest BCUT2D eigenvalue weighted by atomic mass is 32.2. The summed E-state index contributed by atoms with van der Waals surface area (Å²) in [6, 6.07) is 10.7. The highest BCUT2D eigenvalue weighted by Crippen LogP contribution is 2.32. The number of allylic oxidation sites excluding steroid dienone is 2. The zero-order valence-electron chi connectivity index (χ0n) is 12.4. The van der Waals surface area contributed by atoms with Crippen molar-refractivity contribution in [3.8, 4) is 11.3 Å². The SMILES string of the molecule is CS[C@@H]1CC/C=C\CC[C@H]1n1cc(-c2ccccc2)nn1. The summed E-state index contributed by atoms with van der Waals surface area (Å²) >= 11 is 1.95. The zero-order chi connectivity index (χ0) is 14.5. The Hall–Kier alpha value is -1.55. The Bertz CT molecular complexity index is 591. The third-order valence-electron chi connectivity index (χ3n) is 4.07. The fraction of sp³-hybridized carbons (Fsp3) is 0.412. The van der Waals surface area contributed by atoms with Gasteiger partial charge in [0, 0.05) is 10.8 Å². The van der Waals surface area contributed by atoms with E-state index in [4.69, 9.17) is 0 Å². The van der Waals surface area contributed by atoms with Crippen LogP contribution in [0.2, 0.25) is 0 Å². The van der Waals surface area contributed by atoms with Crippen LogP contribution in [0, 0.1) is 0 Å². The van der Waals surface area contributed by atoms with Gasteiger partial charge in [-0.15, -0.1) is 5.10 Å². The summed E-state index contributed by atoms with van der Waals surface area (Å²) in [4.78, 5) is 0. The van der Waals surface area contributed by atoms with Crippen molar-refractivity contribution in [1.29, 1.82) is 0 Å². The third-order valence-corrected chi connectivity index (χ3v) is 5.22. The summed E-state index contributed by atoms with van der Waals surface area (Å²) in [5, 5.41) is 9.40. The van der Waals surface area contributed by atoms with Gasteiger partial charge in [0.2, 0.25) is 0 Å². The lowest BCUT2D eigenvalue weighted by molar-refractivity contribution is 0.391. The minimum atomic E-state index is 0.440. The standard InChI is InChI=1S/C17H21N3S/c1-21-17-12-8-3-2-7-11-16(17)20-13-15(18-19-20)14-9-5-4-6-10-14/h2-6,9-10,13,16-17H,7-8,11-12H2,1H3/b3-2-/t16-,17-/m1/s1. The molecule has 0 unspecified atom stereocenters. The molecule has 21 heavy (non-hydrogen) atoms. The summed E-state index contributed by atoms with van der Waals surface area (Å²) in [5.41, 5.74) is 2.10. The van der Waals surface area contributed by atoms with E-state index in [0.29, 0.717) is 11.3 Å². The van der Waals surface area contributed by atoms with E-state index in [1.165, 1.54) is 12.8 Å². The average molecular weight is 299 g/mol. The monoisotopic (exact) mass is 299 g/mol. The largest absolute Gasteiger partial charge is 0.248 e. The first-order chi connectivity index (χ1) is 10.4. The Morgan fingerprint density at radius 3 is 2.62 bits per heavy atom. The molecule has 0 aliphatic heterocycles. The van der Waals surface area contributed by atoms with Crippen LogP contribution < -0.4 is 0 Å². The predicted molar refractivity (Wildman–Crippen MR) is 89.4 cm³/mol. The normalized spacial score (nSPS) is 24.2. The fourth-order valence-electron chi connectivity index (χ4n) is 2.90. The van der Waals surface area contributed by atoms with E-state index in [9.17, 15) is 0 Å². The van der Waals surface area contributed by atoms with Crippen LogP contribution in [0.1, 0.15) is 31.7 Å². The van der Waals surface area contributed by atoms with Gasteiger partial charge >= 0.3 is 0 Å². The number of benzene rings is 1. The van der Waals surface area contributed by atoms with Gasteiger partial charge in [0.05, 0.1) is 12.2 Å². The Balaban J connectivity index is 1.85. The molecule has 2 aromatic rings. The van der Waals surface area contributed by atoms with E-state index in [-0.39, 0.29) is 0 Å². The molecule has 110 valence electrons. The summed E-state index contributed by atoms with van der Waals surface area (Å²) in [7, 11) is 0. The predicted octanol–water partition coefficient (Wildman–Crippen LogP) is 4.35. The highest BCUT2D eigenvalue weighted by Gasteiger charge is 2.23. The van der Waals surface area contributed by atoms with Crippen molar-refractivity contribution < 1.29 is 0 Å². The molecule has 1 aliphatic carbocycles. The molecule has 1 aromatic carbocycles. The van der Waals surface area contributed by atoms with Crippen LogP contribution in [0.3, 0.4) is 0 Å². The topological polar surface area (TPSA) is 30.7 Å². The quantitative estimate of drug-likeness (QED) is 0.790. The molecule has 4 heteroatoms. The molecular weight excluding hydrogens is 278 g/mol. The van der Waals surface area contributed by atoms with Gasteiger partial charge in [-0.25, -0.2) is 4.68 Å². The minimum absolute atomic E-state index is 0.440. The first-order valence-electron chi connectivity index (χ1n) is 7.53. The molecule has 0 bridgehead atoms. The Kier molecular flexibility index (Phi) is 4.76. The van der Waals surface area contributed by atoms with E-state index in [2.05, 4.69) is 51.7 Å². The summed E-state index contributed by atoms with van der Waals surface area (Å²) in [6.45, 7) is 0. The lowest BCUT2D eigenvalue weighted by Gasteiger charge is -2.26. The van der Waals surface area contributed by atoms with E-state index in [1.54, 1.807) is 0 Å². The average Bonchev–Trinajstić information content (AvgIpc) is 2.98. The second-order valence-corrected chi connectivity index (χ2v) is 6.49. The first kappa shape index (κ1) is 14.4.